The largest absolute Gasteiger partial charge is 0.353 e. The van der Waals surface area contributed by atoms with E-state index in [4.69, 9.17) is 5.73 Å². The number of amides is 1. The van der Waals surface area contributed by atoms with Crippen LogP contribution in [0.2, 0.25) is 0 Å². The van der Waals surface area contributed by atoms with E-state index in [1.54, 1.807) is 11.1 Å². The molecule has 0 saturated carbocycles. The smallest absolute Gasteiger partial charge is 0.239 e. The van der Waals surface area contributed by atoms with Crippen molar-refractivity contribution in [3.8, 4) is 11.1 Å². The molecule has 1 amide bonds. The molecule has 2 aromatic heterocycles. The van der Waals surface area contributed by atoms with Crippen LogP contribution < -0.4 is 10.6 Å². The van der Waals surface area contributed by atoms with E-state index in [1.165, 1.54) is 10.7 Å². The average molecular weight is 414 g/mol. The van der Waals surface area contributed by atoms with Crippen LogP contribution in [-0.4, -0.2) is 57.6 Å². The summed E-state index contributed by atoms with van der Waals surface area (Å²) in [4.78, 5) is 21.0. The van der Waals surface area contributed by atoms with Gasteiger partial charge in [0.2, 0.25) is 5.91 Å². The van der Waals surface area contributed by atoms with E-state index >= 15 is 0 Å². The van der Waals surface area contributed by atoms with Crippen LogP contribution in [0.1, 0.15) is 13.8 Å². The number of halogens is 2. The number of aromatic nitrogens is 3. The number of nitrogens with zero attached hydrogens (tertiary/aromatic N) is 5. The molecule has 3 heterocycles. The molecular formula is C21H24F2N6O. The molecule has 9 heteroatoms. The third-order valence-corrected chi connectivity index (χ3v) is 5.49. The SMILES string of the molecule is CC(C)[C@H](N)C(=O)N1CCN(c2ccn3ncc(-c4cc(F)ccc4F)c3n2)CC1. The Bertz CT molecular complexity index is 1070. The fourth-order valence-corrected chi connectivity index (χ4v) is 3.58. The number of nitrogens with two attached hydrogens (primary N) is 1. The van der Waals surface area contributed by atoms with Crippen LogP contribution in [0.5, 0.6) is 0 Å². The molecule has 0 bridgehead atoms. The second-order valence-corrected chi connectivity index (χ2v) is 7.82. The van der Waals surface area contributed by atoms with Gasteiger partial charge in [0.1, 0.15) is 17.5 Å². The fourth-order valence-electron chi connectivity index (χ4n) is 3.58. The zero-order valence-electron chi connectivity index (χ0n) is 16.9. The summed E-state index contributed by atoms with van der Waals surface area (Å²) in [6.45, 7) is 6.19. The lowest BCUT2D eigenvalue weighted by Crippen LogP contribution is -2.54. The minimum absolute atomic E-state index is 0.0345. The third kappa shape index (κ3) is 3.72. The Balaban J connectivity index is 1.56. The van der Waals surface area contributed by atoms with Crippen LogP contribution in [0, 0.1) is 17.6 Å². The molecule has 1 aliphatic heterocycles. The van der Waals surface area contributed by atoms with Gasteiger partial charge in [-0.3, -0.25) is 4.79 Å². The molecule has 3 aromatic rings. The maximum atomic E-state index is 14.3. The van der Waals surface area contributed by atoms with Gasteiger partial charge in [-0.1, -0.05) is 13.8 Å². The van der Waals surface area contributed by atoms with Crippen molar-refractivity contribution in [2.45, 2.75) is 19.9 Å². The molecule has 1 aliphatic rings. The first-order valence-electron chi connectivity index (χ1n) is 9.94. The predicted molar refractivity (Wildman–Crippen MR) is 110 cm³/mol. The lowest BCUT2D eigenvalue weighted by Gasteiger charge is -2.37. The first kappa shape index (κ1) is 20.2. The minimum atomic E-state index is -0.535. The van der Waals surface area contributed by atoms with Crippen LogP contribution >= 0.6 is 0 Å². The van der Waals surface area contributed by atoms with Crippen LogP contribution in [0.15, 0.2) is 36.7 Å². The van der Waals surface area contributed by atoms with Gasteiger partial charge >= 0.3 is 0 Å². The Morgan fingerprint density at radius 3 is 2.53 bits per heavy atom. The van der Waals surface area contributed by atoms with E-state index in [1.807, 2.05) is 19.9 Å². The third-order valence-electron chi connectivity index (χ3n) is 5.49. The molecule has 0 aliphatic carbocycles. The lowest BCUT2D eigenvalue weighted by molar-refractivity contribution is -0.133. The van der Waals surface area contributed by atoms with E-state index in [9.17, 15) is 13.6 Å². The lowest BCUT2D eigenvalue weighted by atomic mass is 10.0. The minimum Gasteiger partial charge on any atom is -0.353 e. The number of piperazine rings is 1. The molecule has 0 spiro atoms. The van der Waals surface area contributed by atoms with Gasteiger partial charge in [-0.15, -0.1) is 0 Å². The number of rotatable bonds is 4. The van der Waals surface area contributed by atoms with Crippen molar-refractivity contribution in [1.82, 2.24) is 19.5 Å². The second-order valence-electron chi connectivity index (χ2n) is 7.82. The summed E-state index contributed by atoms with van der Waals surface area (Å²) in [5.74, 6) is -0.313. The summed E-state index contributed by atoms with van der Waals surface area (Å²) in [7, 11) is 0. The molecule has 30 heavy (non-hydrogen) atoms. The van der Waals surface area contributed by atoms with Gasteiger partial charge in [-0.2, -0.15) is 5.10 Å². The van der Waals surface area contributed by atoms with Crippen molar-refractivity contribution in [2.24, 2.45) is 11.7 Å². The van der Waals surface area contributed by atoms with Gasteiger partial charge in [0.25, 0.3) is 0 Å². The molecule has 1 aromatic carbocycles. The van der Waals surface area contributed by atoms with Crippen LogP contribution in [0.4, 0.5) is 14.6 Å². The van der Waals surface area contributed by atoms with Crippen molar-refractivity contribution < 1.29 is 13.6 Å². The van der Waals surface area contributed by atoms with E-state index in [-0.39, 0.29) is 17.4 Å². The van der Waals surface area contributed by atoms with Gasteiger partial charge in [0.05, 0.1) is 12.2 Å². The second kappa shape index (κ2) is 7.98. The van der Waals surface area contributed by atoms with Gasteiger partial charge in [0, 0.05) is 43.5 Å². The molecule has 1 saturated heterocycles. The first-order chi connectivity index (χ1) is 14.3. The Morgan fingerprint density at radius 1 is 1.10 bits per heavy atom. The Hall–Kier alpha value is -3.07. The van der Waals surface area contributed by atoms with Crippen LogP contribution in [0.25, 0.3) is 16.8 Å². The molecule has 1 fully saturated rings. The number of carbonyl (C=O) groups excluding carboxylic acids is 1. The highest BCUT2D eigenvalue weighted by molar-refractivity contribution is 5.82. The van der Waals surface area contributed by atoms with Crippen molar-refractivity contribution in [3.05, 3.63) is 48.3 Å². The summed E-state index contributed by atoms with van der Waals surface area (Å²) < 4.78 is 29.5. The number of fused-ring (bicyclic) bond motifs is 1. The van der Waals surface area contributed by atoms with E-state index in [0.717, 1.165) is 18.2 Å². The highest BCUT2D eigenvalue weighted by atomic mass is 19.1. The Kier molecular flexibility index (Phi) is 5.38. The molecule has 1 atom stereocenters. The Morgan fingerprint density at radius 2 is 1.83 bits per heavy atom. The highest BCUT2D eigenvalue weighted by Crippen LogP contribution is 2.28. The fraction of sp³-hybridized carbons (Fsp3) is 0.381. The zero-order chi connectivity index (χ0) is 21.4. The van der Waals surface area contributed by atoms with Gasteiger partial charge in [-0.25, -0.2) is 18.3 Å². The average Bonchev–Trinajstić information content (AvgIpc) is 3.17. The summed E-state index contributed by atoms with van der Waals surface area (Å²) in [6.07, 6.45) is 3.22. The monoisotopic (exact) mass is 414 g/mol. The molecule has 0 unspecified atom stereocenters. The summed E-state index contributed by atoms with van der Waals surface area (Å²) in [5, 5.41) is 4.20. The molecule has 0 radical (unpaired) electrons. The highest BCUT2D eigenvalue weighted by Gasteiger charge is 2.27. The standard InChI is InChI=1S/C21H24F2N6O/c1-13(2)19(24)21(30)28-9-7-27(8-10-28)18-5-6-29-20(26-18)16(12-25-29)15-11-14(22)3-4-17(15)23/h3-6,11-13,19H,7-10,24H2,1-2H3/t19-/m0/s1. The topological polar surface area (TPSA) is 79.8 Å². The van der Waals surface area contributed by atoms with Crippen LogP contribution in [-0.2, 0) is 4.79 Å². The number of benzene rings is 1. The molecular weight excluding hydrogens is 390 g/mol. The maximum Gasteiger partial charge on any atom is 0.239 e. The van der Waals surface area contributed by atoms with Gasteiger partial charge < -0.3 is 15.5 Å². The van der Waals surface area contributed by atoms with E-state index in [0.29, 0.717) is 43.2 Å². The summed E-state index contributed by atoms with van der Waals surface area (Å²) >= 11 is 0. The first-order valence-corrected chi connectivity index (χ1v) is 9.94. The van der Waals surface area contributed by atoms with Crippen molar-refractivity contribution in [1.29, 1.82) is 0 Å². The maximum absolute atomic E-state index is 14.3. The summed E-state index contributed by atoms with van der Waals surface area (Å²) in [5.41, 5.74) is 6.98. The van der Waals surface area contributed by atoms with E-state index in [2.05, 4.69) is 15.0 Å². The predicted octanol–water partition coefficient (Wildman–Crippen LogP) is 2.31. The van der Waals surface area contributed by atoms with Crippen molar-refractivity contribution in [3.63, 3.8) is 0 Å². The number of anilines is 1. The number of carbonyl (C=O) groups is 1. The van der Waals surface area contributed by atoms with Crippen molar-refractivity contribution >= 4 is 17.4 Å². The zero-order valence-corrected chi connectivity index (χ0v) is 16.9. The Labute approximate surface area is 173 Å². The molecule has 158 valence electrons. The normalized spacial score (nSPS) is 15.8. The molecule has 2 N–H and O–H groups in total. The molecule has 7 nitrogen and oxygen atoms in total. The quantitative estimate of drug-likeness (QED) is 0.709. The van der Waals surface area contributed by atoms with E-state index < -0.39 is 17.7 Å². The van der Waals surface area contributed by atoms with Crippen LogP contribution in [0.3, 0.4) is 0 Å². The van der Waals surface area contributed by atoms with Gasteiger partial charge in [-0.05, 0) is 30.2 Å². The van der Waals surface area contributed by atoms with Crippen molar-refractivity contribution in [2.75, 3.05) is 31.1 Å². The number of hydrogen-bond donors (Lipinski definition) is 1. The van der Waals surface area contributed by atoms with Gasteiger partial charge in [0.15, 0.2) is 5.65 Å². The summed E-state index contributed by atoms with van der Waals surface area (Å²) in [6, 6.07) is 4.64. The number of hydrogen-bond acceptors (Lipinski definition) is 5. The molecule has 4 rings (SSSR count).